The molecule has 0 saturated carbocycles. The van der Waals surface area contributed by atoms with E-state index in [9.17, 15) is 43.2 Å². The van der Waals surface area contributed by atoms with Gasteiger partial charge < -0.3 is 49.9 Å². The second-order valence-corrected chi connectivity index (χ2v) is 24.7. The summed E-state index contributed by atoms with van der Waals surface area (Å²) >= 11 is 0. The van der Waals surface area contributed by atoms with Crippen molar-refractivity contribution in [2.75, 3.05) is 55.4 Å². The third-order valence-electron chi connectivity index (χ3n) is 15.3. The number of allylic oxidation sites excluding steroid dienone is 2. The molecule has 0 heterocycles. The largest absolute Gasteiger partial charge is 0.462 e. The van der Waals surface area contributed by atoms with Gasteiger partial charge in [0.2, 0.25) is 41.4 Å². The molecule has 0 fully saturated rings. The molecule has 3 N–H and O–H groups in total. The van der Waals surface area contributed by atoms with Gasteiger partial charge in [-0.3, -0.25) is 47.9 Å². The normalized spacial score (nSPS) is 15.8. The second kappa shape index (κ2) is 36.1. The zero-order chi connectivity index (χ0) is 64.0. The first kappa shape index (κ1) is 76.3. The molecular formula is C61H108N8O13. The van der Waals surface area contributed by atoms with Crippen LogP contribution in [0.4, 0.5) is 0 Å². The summed E-state index contributed by atoms with van der Waals surface area (Å²) in [4.78, 5) is 161. The predicted molar refractivity (Wildman–Crippen MR) is 317 cm³/mol. The maximum absolute atomic E-state index is 15.2. The van der Waals surface area contributed by atoms with E-state index >= 15 is 9.59 Å². The lowest BCUT2D eigenvalue weighted by molar-refractivity contribution is -0.164. The van der Waals surface area contributed by atoms with Gasteiger partial charge in [0.05, 0.1) is 18.6 Å². The number of amides is 7. The molecule has 0 saturated heterocycles. The van der Waals surface area contributed by atoms with Gasteiger partial charge in [0.15, 0.2) is 5.78 Å². The number of hydrogen-bond acceptors (Lipinski definition) is 14. The third kappa shape index (κ3) is 23.5. The van der Waals surface area contributed by atoms with Crippen molar-refractivity contribution in [3.8, 4) is 0 Å². The molecule has 0 aliphatic carbocycles. The molecule has 11 atom stereocenters. The Morgan fingerprint density at radius 2 is 1.00 bits per heavy atom. The zero-order valence-corrected chi connectivity index (χ0v) is 54.3. The van der Waals surface area contributed by atoms with E-state index in [-0.39, 0.29) is 92.3 Å². The van der Waals surface area contributed by atoms with Crippen molar-refractivity contribution in [1.29, 1.82) is 0 Å². The Morgan fingerprint density at radius 1 is 0.549 bits per heavy atom. The molecule has 470 valence electrons. The van der Waals surface area contributed by atoms with Crippen LogP contribution in [0.5, 0.6) is 0 Å². The Kier molecular flexibility index (Phi) is 33.6. The summed E-state index contributed by atoms with van der Waals surface area (Å²) in [6, 6.07) is -7.79. The highest BCUT2D eigenvalue weighted by molar-refractivity contribution is 5.98. The van der Waals surface area contributed by atoms with Gasteiger partial charge in [0.1, 0.15) is 48.7 Å². The molecule has 0 aromatic rings. The first-order valence-corrected chi connectivity index (χ1v) is 29.4. The van der Waals surface area contributed by atoms with Gasteiger partial charge in [-0.25, -0.2) is 4.79 Å². The van der Waals surface area contributed by atoms with Crippen LogP contribution in [0, 0.1) is 47.3 Å². The van der Waals surface area contributed by atoms with Crippen LogP contribution in [-0.2, 0) is 62.2 Å². The number of hydrogen-bond donors (Lipinski definition) is 2. The van der Waals surface area contributed by atoms with Crippen LogP contribution in [0.15, 0.2) is 12.2 Å². The average Bonchev–Trinajstić information content (AvgIpc) is 3.46. The van der Waals surface area contributed by atoms with E-state index in [2.05, 4.69) is 5.32 Å². The van der Waals surface area contributed by atoms with Gasteiger partial charge in [0.25, 0.3) is 0 Å². The van der Waals surface area contributed by atoms with Crippen LogP contribution in [-0.4, -0.2) is 198 Å². The minimum absolute atomic E-state index is 0.0604. The van der Waals surface area contributed by atoms with Gasteiger partial charge in [-0.2, -0.15) is 0 Å². The number of nitrogens with two attached hydrogens (primary N) is 1. The summed E-state index contributed by atoms with van der Waals surface area (Å²) in [6.07, 6.45) is 3.16. The molecule has 0 aliphatic rings. The Labute approximate surface area is 491 Å². The molecule has 21 heteroatoms. The molecule has 0 bridgehead atoms. The minimum atomic E-state index is -1.53. The predicted octanol–water partition coefficient (Wildman–Crippen LogP) is 5.54. The Balaban J connectivity index is 7.15. The van der Waals surface area contributed by atoms with Crippen molar-refractivity contribution in [3.05, 3.63) is 12.2 Å². The first-order valence-electron chi connectivity index (χ1n) is 29.4. The number of ether oxygens (including phenoxy) is 2. The highest BCUT2D eigenvalue weighted by Gasteiger charge is 2.46. The highest BCUT2D eigenvalue weighted by Crippen LogP contribution is 2.27. The average molecular weight is 1160 g/mol. The van der Waals surface area contributed by atoms with Crippen molar-refractivity contribution in [2.24, 2.45) is 53.1 Å². The number of ketones is 2. The summed E-state index contributed by atoms with van der Waals surface area (Å²) in [7, 11) is 8.90. The highest BCUT2D eigenvalue weighted by atomic mass is 16.5. The minimum Gasteiger partial charge on any atom is -0.462 e. The van der Waals surface area contributed by atoms with Gasteiger partial charge in [0, 0.05) is 80.8 Å². The van der Waals surface area contributed by atoms with Crippen molar-refractivity contribution in [2.45, 2.75) is 211 Å². The van der Waals surface area contributed by atoms with E-state index in [1.165, 1.54) is 66.5 Å². The topological polar surface area (TPSA) is 264 Å². The summed E-state index contributed by atoms with van der Waals surface area (Å²) in [5, 5.41) is 2.71. The van der Waals surface area contributed by atoms with E-state index in [1.54, 1.807) is 68.6 Å². The quantitative estimate of drug-likeness (QED) is 0.0577. The number of carbonyl (C=O) groups excluding carboxylic acids is 11. The number of nitrogens with one attached hydrogen (secondary N) is 1. The van der Waals surface area contributed by atoms with Crippen LogP contribution < -0.4 is 11.1 Å². The standard InChI is InChI=1S/C61H108N8O13/c1-24-26-27-40(13)54(82-44(17)71)53(55(74)63-45(25-2)61(80)81-29-28-64(18)43(16)70)69(23)60(79)52(39(11)12)68(22)58(77)48(32-37(7)8)67(21)57(76)47(31-36(5)6)66(20)56(75)42(15)34-49(72)41(14)33-50(73)46(30-35(3)4)65(19)59(78)51(62)38(9)10/h24,26,35-42,45-48,51-54H,25,27-34,62H2,1-23H3,(H,63,74)/b26-24+/t40-,41-,42+,45+,46+,47+,48+,51+,52+,53+,54-/m1/s1. The lowest BCUT2D eigenvalue weighted by Gasteiger charge is -2.42. The Morgan fingerprint density at radius 3 is 1.44 bits per heavy atom. The molecule has 82 heavy (non-hydrogen) atoms. The zero-order valence-electron chi connectivity index (χ0n) is 54.3. The number of rotatable bonds is 36. The lowest BCUT2D eigenvalue weighted by Crippen LogP contribution is -2.63. The third-order valence-corrected chi connectivity index (χ3v) is 15.3. The molecule has 21 nitrogen and oxygen atoms in total. The number of carbonyl (C=O) groups is 11. The monoisotopic (exact) mass is 1160 g/mol. The van der Waals surface area contributed by atoms with Crippen molar-refractivity contribution < 1.29 is 62.2 Å². The van der Waals surface area contributed by atoms with E-state index in [0.29, 0.717) is 12.8 Å². The fraction of sp³-hybridized carbons (Fsp3) is 0.787. The number of nitrogens with zero attached hydrogens (tertiary/aromatic N) is 6. The van der Waals surface area contributed by atoms with Gasteiger partial charge in [-0.15, -0.1) is 0 Å². The summed E-state index contributed by atoms with van der Waals surface area (Å²) in [6.45, 7) is 29.5. The van der Waals surface area contributed by atoms with E-state index in [1.807, 2.05) is 61.5 Å². The molecule has 0 aromatic heterocycles. The molecule has 0 aliphatic heterocycles. The number of Topliss-reactive ketones (excluding diaryl/α,β-unsaturated/α-hetero) is 2. The number of esters is 2. The summed E-state index contributed by atoms with van der Waals surface area (Å²) < 4.78 is 11.3. The number of likely N-dealkylation sites (N-methyl/N-ethyl adjacent to an activating group) is 6. The fourth-order valence-corrected chi connectivity index (χ4v) is 9.86. The van der Waals surface area contributed by atoms with Crippen molar-refractivity contribution in [3.63, 3.8) is 0 Å². The van der Waals surface area contributed by atoms with Crippen LogP contribution >= 0.6 is 0 Å². The van der Waals surface area contributed by atoms with Crippen LogP contribution in [0.2, 0.25) is 0 Å². The maximum atomic E-state index is 15.2. The maximum Gasteiger partial charge on any atom is 0.328 e. The molecule has 0 aromatic carbocycles. The molecule has 0 radical (unpaired) electrons. The fourth-order valence-electron chi connectivity index (χ4n) is 9.86. The second-order valence-electron chi connectivity index (χ2n) is 24.7. The van der Waals surface area contributed by atoms with Crippen molar-refractivity contribution in [1.82, 2.24) is 34.7 Å². The Hall–Kier alpha value is -5.73. The van der Waals surface area contributed by atoms with Crippen LogP contribution in [0.1, 0.15) is 163 Å². The smallest absolute Gasteiger partial charge is 0.328 e. The molecule has 0 spiro atoms. The summed E-state index contributed by atoms with van der Waals surface area (Å²) in [5.74, 6) is -9.05. The SMILES string of the molecule is C/C=C/C[C@@H](C)[C@@H](OC(C)=O)[C@@H](C(=O)N[C@@H](CC)C(=O)OCCN(C)C(C)=O)N(C)C(=O)[C@H](C(C)C)N(C)C(=O)[C@H](CC(C)C)N(C)C(=O)[C@H](CC(C)C)N(C)C(=O)[C@@H](C)CC(=O)[C@H](C)CC(=O)[C@H](CC(C)C)N(C)C(=O)[C@@H](N)C(C)C. The lowest BCUT2D eigenvalue weighted by atomic mass is 9.88. The first-order chi connectivity index (χ1) is 37.8. The van der Waals surface area contributed by atoms with E-state index in [0.717, 1.165) is 4.90 Å². The van der Waals surface area contributed by atoms with Gasteiger partial charge >= 0.3 is 11.9 Å². The van der Waals surface area contributed by atoms with Crippen LogP contribution in [0.3, 0.4) is 0 Å². The van der Waals surface area contributed by atoms with Gasteiger partial charge in [-0.05, 0) is 74.5 Å². The van der Waals surface area contributed by atoms with Gasteiger partial charge in [-0.1, -0.05) is 109 Å². The molecule has 0 unspecified atom stereocenters. The molecule has 0 rings (SSSR count). The molecular weight excluding hydrogens is 1050 g/mol. The van der Waals surface area contributed by atoms with Crippen molar-refractivity contribution >= 4 is 64.9 Å². The molecule has 7 amide bonds. The van der Waals surface area contributed by atoms with E-state index < -0.39 is 114 Å². The summed E-state index contributed by atoms with van der Waals surface area (Å²) in [5.41, 5.74) is 6.17. The van der Waals surface area contributed by atoms with Crippen LogP contribution in [0.25, 0.3) is 0 Å². The Bertz CT molecular complexity index is 2180. The van der Waals surface area contributed by atoms with E-state index in [4.69, 9.17) is 15.2 Å².